The number of ether oxygens (including phenoxy) is 1. The highest BCUT2D eigenvalue weighted by Gasteiger charge is 2.24. The second kappa shape index (κ2) is 8.32. The molecule has 2 heterocycles. The first-order chi connectivity index (χ1) is 15.6. The van der Waals surface area contributed by atoms with Crippen LogP contribution in [0.1, 0.15) is 26.5 Å². The van der Waals surface area contributed by atoms with Crippen LogP contribution in [0.3, 0.4) is 0 Å². The van der Waals surface area contributed by atoms with Crippen molar-refractivity contribution < 1.29 is 17.4 Å². The van der Waals surface area contributed by atoms with Gasteiger partial charge in [0.1, 0.15) is 11.5 Å². The second-order valence-electron chi connectivity index (χ2n) is 7.17. The summed E-state index contributed by atoms with van der Waals surface area (Å²) in [6, 6.07) is 7.54. The first-order valence-electron chi connectivity index (χ1n) is 10.6. The third-order valence-electron chi connectivity index (χ3n) is 5.28. The molecule has 1 aliphatic rings. The highest BCUT2D eigenvalue weighted by Crippen LogP contribution is 2.38. The lowest BCUT2D eigenvalue weighted by atomic mass is 9.99. The van der Waals surface area contributed by atoms with Crippen LogP contribution in [0, 0.1) is 6.57 Å². The number of halogens is 1. The van der Waals surface area contributed by atoms with Gasteiger partial charge in [-0.3, -0.25) is 9.78 Å². The molecule has 1 aliphatic heterocycles. The van der Waals surface area contributed by atoms with Crippen molar-refractivity contribution in [2.75, 3.05) is 19.0 Å². The minimum Gasteiger partial charge on any atom is -0.519 e. The van der Waals surface area contributed by atoms with Crippen LogP contribution in [0.4, 0.5) is 11.4 Å². The fourth-order valence-electron chi connectivity index (χ4n) is 3.65. The van der Waals surface area contributed by atoms with Gasteiger partial charge in [-0.05, 0) is 29.8 Å². The zero-order chi connectivity index (χ0) is 23.9. The molecule has 1 aromatic heterocycles. The molecule has 0 unspecified atom stereocenters. The molecular formula is C23H21ClN4O3. The Morgan fingerprint density at radius 1 is 1.45 bits per heavy atom. The van der Waals surface area contributed by atoms with E-state index >= 15 is 0 Å². The summed E-state index contributed by atoms with van der Waals surface area (Å²) < 4.78 is 22.6. The largest absolute Gasteiger partial charge is 0.519 e. The van der Waals surface area contributed by atoms with E-state index in [4.69, 9.17) is 25.7 Å². The normalized spacial score (nSPS) is 14.3. The van der Waals surface area contributed by atoms with E-state index in [1.807, 2.05) is 0 Å². The number of carbonyl (C=O) groups excluding carboxylic acids is 1. The molecule has 4 rings (SSSR count). The van der Waals surface area contributed by atoms with Crippen molar-refractivity contribution in [3.05, 3.63) is 63.6 Å². The first kappa shape index (κ1) is 18.3. The van der Waals surface area contributed by atoms with Crippen molar-refractivity contribution in [3.8, 4) is 11.5 Å². The lowest BCUT2D eigenvalue weighted by Gasteiger charge is -2.30. The fourth-order valence-corrected chi connectivity index (χ4v) is 3.90. The number of carbonyl (C=O) groups is 1. The number of hydrogen-bond donors (Lipinski definition) is 2. The Bertz CT molecular complexity index is 1320. The maximum atomic E-state index is 12.0. The Morgan fingerprint density at radius 3 is 2.94 bits per heavy atom. The molecule has 0 radical (unpaired) electrons. The molecule has 8 heteroatoms. The molecule has 3 aromatic rings. The van der Waals surface area contributed by atoms with Crippen molar-refractivity contribution in [3.63, 3.8) is 0 Å². The van der Waals surface area contributed by atoms with Crippen LogP contribution in [-0.2, 0) is 24.3 Å². The van der Waals surface area contributed by atoms with E-state index in [-0.39, 0.29) is 34.5 Å². The Labute approximate surface area is 187 Å². The number of phenols is 1. The van der Waals surface area contributed by atoms with Crippen molar-refractivity contribution in [2.45, 2.75) is 26.4 Å². The highest BCUT2D eigenvalue weighted by molar-refractivity contribution is 6.32. The zero-order valence-corrected chi connectivity index (χ0v) is 17.7. The number of amides is 1. The van der Waals surface area contributed by atoms with E-state index in [1.165, 1.54) is 32.2 Å². The third kappa shape index (κ3) is 3.94. The summed E-state index contributed by atoms with van der Waals surface area (Å²) >= 11 is 6.23. The van der Waals surface area contributed by atoms with Crippen LogP contribution in [0.5, 0.6) is 11.5 Å². The van der Waals surface area contributed by atoms with Crippen LogP contribution in [-0.4, -0.2) is 34.6 Å². The molecule has 2 N–H and O–H groups in total. The molecule has 0 saturated heterocycles. The predicted molar refractivity (Wildman–Crippen MR) is 120 cm³/mol. The molecule has 7 nitrogen and oxygen atoms in total. The molecule has 0 atom stereocenters. The van der Waals surface area contributed by atoms with Gasteiger partial charge in [0, 0.05) is 55.3 Å². The van der Waals surface area contributed by atoms with Gasteiger partial charge in [-0.2, -0.15) is 0 Å². The minimum absolute atomic E-state index is 0.0274. The number of benzene rings is 2. The molecule has 0 spiro atoms. The minimum atomic E-state index is -2.06. The van der Waals surface area contributed by atoms with Gasteiger partial charge in [-0.15, -0.1) is 0 Å². The van der Waals surface area contributed by atoms with Crippen LogP contribution in [0.15, 0.2) is 30.3 Å². The van der Waals surface area contributed by atoms with E-state index in [0.717, 1.165) is 0 Å². The van der Waals surface area contributed by atoms with Crippen molar-refractivity contribution in [1.29, 1.82) is 0 Å². The van der Waals surface area contributed by atoms with E-state index in [9.17, 15) is 9.90 Å². The average molecular weight is 439 g/mol. The number of fused-ring (bicyclic) bond motifs is 2. The number of methoxy groups -OCH3 is 1. The fraction of sp³-hybridized carbons (Fsp3) is 0.261. The highest BCUT2D eigenvalue weighted by atomic mass is 35.5. The molecule has 31 heavy (non-hydrogen) atoms. The van der Waals surface area contributed by atoms with E-state index in [2.05, 4.69) is 15.1 Å². The van der Waals surface area contributed by atoms with Gasteiger partial charge in [0.2, 0.25) is 11.6 Å². The van der Waals surface area contributed by atoms with Gasteiger partial charge >= 0.3 is 0 Å². The summed E-state index contributed by atoms with van der Waals surface area (Å²) in [5, 5.41) is 13.9. The van der Waals surface area contributed by atoms with Gasteiger partial charge in [-0.1, -0.05) is 17.7 Å². The van der Waals surface area contributed by atoms with Crippen molar-refractivity contribution in [1.82, 2.24) is 9.88 Å². The molecule has 158 valence electrons. The first-order valence-corrected chi connectivity index (χ1v) is 9.96. The van der Waals surface area contributed by atoms with Crippen LogP contribution in [0.2, 0.25) is 5.02 Å². The number of nitrogens with zero attached hydrogens (tertiary/aromatic N) is 3. The second-order valence-corrected chi connectivity index (χ2v) is 7.58. The number of aromatic nitrogens is 1. The Hall–Kier alpha value is -3.50. The monoisotopic (exact) mass is 438 g/mol. The van der Waals surface area contributed by atoms with Crippen LogP contribution < -0.4 is 10.1 Å². The zero-order valence-electron chi connectivity index (χ0n) is 19.0. The summed E-state index contributed by atoms with van der Waals surface area (Å²) in [4.78, 5) is 21.7. The van der Waals surface area contributed by atoms with Gasteiger partial charge in [0.15, 0.2) is 0 Å². The number of hydrogen-bond acceptors (Lipinski definition) is 5. The standard InChI is InChI=1S/C23H21ClN4O3/c1-13(29)28-7-6-18-16(12-28)23(15-9-20(25-2)21(30)10-19(15)27-18)26-11-14-4-5-22(31-3)17(24)8-14/h4-5,8-10,30H,6-7,11-12H2,1,3H3,(H,26,27)/i11D2. The van der Waals surface area contributed by atoms with Crippen molar-refractivity contribution in [2.24, 2.45) is 0 Å². The summed E-state index contributed by atoms with van der Waals surface area (Å²) in [6.45, 7) is 7.52. The van der Waals surface area contributed by atoms with Crippen molar-refractivity contribution >= 4 is 39.8 Å². The molecule has 0 saturated carbocycles. The van der Waals surface area contributed by atoms with Gasteiger partial charge in [0.25, 0.3) is 0 Å². The van der Waals surface area contributed by atoms with E-state index in [1.54, 1.807) is 17.0 Å². The molecule has 1 amide bonds. The number of nitrogens with one attached hydrogen (secondary N) is 1. The summed E-state index contributed by atoms with van der Waals surface area (Å²) in [5.74, 6) is 0.142. The predicted octanol–water partition coefficient (Wildman–Crippen LogP) is 4.67. The summed E-state index contributed by atoms with van der Waals surface area (Å²) in [6.07, 6.45) is 0.488. The van der Waals surface area contributed by atoms with Gasteiger partial charge in [-0.25, -0.2) is 4.85 Å². The number of rotatable bonds is 4. The van der Waals surface area contributed by atoms with E-state index in [0.29, 0.717) is 46.6 Å². The molecular weight excluding hydrogens is 416 g/mol. The Morgan fingerprint density at radius 2 is 2.26 bits per heavy atom. The maximum absolute atomic E-state index is 12.0. The third-order valence-corrected chi connectivity index (χ3v) is 5.58. The lowest BCUT2D eigenvalue weighted by molar-refractivity contribution is -0.129. The lowest BCUT2D eigenvalue weighted by Crippen LogP contribution is -2.35. The number of aromatic hydroxyl groups is 1. The quantitative estimate of drug-likeness (QED) is 0.579. The smallest absolute Gasteiger partial charge is 0.228 e. The summed E-state index contributed by atoms with van der Waals surface area (Å²) in [5.41, 5.74) is 2.54. The van der Waals surface area contributed by atoms with Crippen LogP contribution in [0.25, 0.3) is 15.7 Å². The molecule has 0 bridgehead atoms. The Balaban J connectivity index is 1.90. The van der Waals surface area contributed by atoms with E-state index < -0.39 is 6.50 Å². The number of anilines is 1. The number of phenolic OH excluding ortho intramolecular Hbond substituents is 1. The SMILES string of the molecule is [2H]C([2H])(Nc1c2c(nc3cc(O)c([N+]#[C-])cc13)CCN(C(C)=O)C2)c1ccc(OC)c(Cl)c1. The number of pyridine rings is 1. The average Bonchev–Trinajstić information content (AvgIpc) is 2.78. The van der Waals surface area contributed by atoms with Crippen LogP contribution >= 0.6 is 11.6 Å². The molecule has 2 aromatic carbocycles. The molecule has 0 aliphatic carbocycles. The summed E-state index contributed by atoms with van der Waals surface area (Å²) in [7, 11) is 1.48. The molecule has 0 fully saturated rings. The Kier molecular flexibility index (Phi) is 4.91. The van der Waals surface area contributed by atoms with Gasteiger partial charge in [0.05, 0.1) is 27.0 Å². The topological polar surface area (TPSA) is 79.1 Å². The maximum Gasteiger partial charge on any atom is 0.228 e. The van der Waals surface area contributed by atoms with Gasteiger partial charge < -0.3 is 20.1 Å².